The van der Waals surface area contributed by atoms with Gasteiger partial charge < -0.3 is 5.32 Å². The molecule has 1 aliphatic carbocycles. The van der Waals surface area contributed by atoms with Gasteiger partial charge in [0.15, 0.2) is 0 Å². The van der Waals surface area contributed by atoms with Crippen LogP contribution in [0.4, 0.5) is 0 Å². The fourth-order valence-electron chi connectivity index (χ4n) is 2.56. The third-order valence-electron chi connectivity index (χ3n) is 3.54. The highest BCUT2D eigenvalue weighted by Crippen LogP contribution is 2.32. The first kappa shape index (κ1) is 13.0. The lowest BCUT2D eigenvalue weighted by Crippen LogP contribution is -2.36. The van der Waals surface area contributed by atoms with Crippen molar-refractivity contribution in [1.82, 2.24) is 15.1 Å². The van der Waals surface area contributed by atoms with E-state index >= 15 is 0 Å². The monoisotopic (exact) mass is 253 g/mol. The van der Waals surface area contributed by atoms with Crippen molar-refractivity contribution in [3.8, 4) is 0 Å². The van der Waals surface area contributed by atoms with Crippen LogP contribution in [0.25, 0.3) is 0 Å². The van der Waals surface area contributed by atoms with Crippen LogP contribution in [0.15, 0.2) is 17.3 Å². The standard InChI is InChI=1S/C13H23N3S/c1-14-12-7-5-3-4-6-8-13(12)17-11-9-15-16(2)10-11/h9-10,12-14H,3-8H2,1-2H3. The minimum atomic E-state index is 0.653. The Hall–Kier alpha value is -0.480. The third-order valence-corrected chi connectivity index (χ3v) is 4.89. The van der Waals surface area contributed by atoms with Crippen molar-refractivity contribution >= 4 is 11.8 Å². The summed E-state index contributed by atoms with van der Waals surface area (Å²) in [5.41, 5.74) is 0. The Labute approximate surface area is 108 Å². The van der Waals surface area contributed by atoms with E-state index in [-0.39, 0.29) is 0 Å². The molecule has 1 aromatic rings. The first-order valence-corrected chi connectivity index (χ1v) is 7.50. The Morgan fingerprint density at radius 2 is 2.06 bits per heavy atom. The maximum atomic E-state index is 4.25. The summed E-state index contributed by atoms with van der Waals surface area (Å²) in [7, 11) is 4.08. The third kappa shape index (κ3) is 3.75. The van der Waals surface area contributed by atoms with Crippen LogP contribution in [-0.2, 0) is 7.05 Å². The van der Waals surface area contributed by atoms with Crippen molar-refractivity contribution in [2.45, 2.75) is 54.7 Å². The Kier molecular flexibility index (Phi) is 4.92. The molecule has 0 aromatic carbocycles. The molecule has 1 heterocycles. The van der Waals surface area contributed by atoms with Gasteiger partial charge in [-0.1, -0.05) is 25.7 Å². The number of aromatic nitrogens is 2. The molecule has 96 valence electrons. The average Bonchev–Trinajstić information content (AvgIpc) is 2.69. The molecule has 1 aromatic heterocycles. The maximum absolute atomic E-state index is 4.25. The van der Waals surface area contributed by atoms with Gasteiger partial charge in [-0.25, -0.2) is 0 Å². The highest BCUT2D eigenvalue weighted by Gasteiger charge is 2.22. The number of hydrogen-bond donors (Lipinski definition) is 1. The van der Waals surface area contributed by atoms with E-state index in [4.69, 9.17) is 0 Å². The minimum Gasteiger partial charge on any atom is -0.316 e. The number of thioether (sulfide) groups is 1. The van der Waals surface area contributed by atoms with Gasteiger partial charge in [0.1, 0.15) is 0 Å². The summed E-state index contributed by atoms with van der Waals surface area (Å²) in [6, 6.07) is 0.653. The number of nitrogens with zero attached hydrogens (tertiary/aromatic N) is 2. The Balaban J connectivity index is 1.98. The van der Waals surface area contributed by atoms with Crippen LogP contribution in [0, 0.1) is 0 Å². The predicted octanol–water partition coefficient (Wildman–Crippen LogP) is 2.82. The molecular weight excluding hydrogens is 230 g/mol. The number of nitrogens with one attached hydrogen (secondary N) is 1. The van der Waals surface area contributed by atoms with Crippen LogP contribution in [0.3, 0.4) is 0 Å². The average molecular weight is 253 g/mol. The zero-order chi connectivity index (χ0) is 12.1. The maximum Gasteiger partial charge on any atom is 0.0625 e. The van der Waals surface area contributed by atoms with Gasteiger partial charge in [0.2, 0.25) is 0 Å². The summed E-state index contributed by atoms with van der Waals surface area (Å²) < 4.78 is 1.89. The lowest BCUT2D eigenvalue weighted by atomic mass is 9.96. The molecule has 2 atom stereocenters. The van der Waals surface area contributed by atoms with Crippen LogP contribution in [-0.4, -0.2) is 28.1 Å². The second-order valence-electron chi connectivity index (χ2n) is 4.89. The van der Waals surface area contributed by atoms with Crippen LogP contribution in [0.2, 0.25) is 0 Å². The topological polar surface area (TPSA) is 29.9 Å². The predicted molar refractivity (Wildman–Crippen MR) is 73.4 cm³/mol. The Morgan fingerprint density at radius 3 is 2.71 bits per heavy atom. The highest BCUT2D eigenvalue weighted by atomic mass is 32.2. The molecule has 0 radical (unpaired) electrons. The van der Waals surface area contributed by atoms with E-state index in [0.717, 1.165) is 0 Å². The lowest BCUT2D eigenvalue weighted by molar-refractivity contribution is 0.420. The fourth-order valence-corrected chi connectivity index (χ4v) is 3.95. The van der Waals surface area contributed by atoms with E-state index in [9.17, 15) is 0 Å². The van der Waals surface area contributed by atoms with Crippen molar-refractivity contribution < 1.29 is 0 Å². The van der Waals surface area contributed by atoms with Crippen LogP contribution >= 0.6 is 11.8 Å². The van der Waals surface area contributed by atoms with Crippen LogP contribution in [0.1, 0.15) is 38.5 Å². The number of aryl methyl sites for hydroxylation is 1. The molecule has 3 nitrogen and oxygen atoms in total. The summed E-state index contributed by atoms with van der Waals surface area (Å²) in [6.07, 6.45) is 12.3. The quantitative estimate of drug-likeness (QED) is 0.898. The van der Waals surface area contributed by atoms with Gasteiger partial charge in [-0.2, -0.15) is 5.10 Å². The molecule has 0 aliphatic heterocycles. The van der Waals surface area contributed by atoms with E-state index in [2.05, 4.69) is 23.7 Å². The fraction of sp³-hybridized carbons (Fsp3) is 0.769. The van der Waals surface area contributed by atoms with Gasteiger partial charge in [0.25, 0.3) is 0 Å². The molecule has 0 bridgehead atoms. The van der Waals surface area contributed by atoms with Crippen molar-refractivity contribution in [3.63, 3.8) is 0 Å². The van der Waals surface area contributed by atoms with Crippen molar-refractivity contribution in [3.05, 3.63) is 12.4 Å². The molecular formula is C13H23N3S. The zero-order valence-electron chi connectivity index (χ0n) is 10.9. The number of hydrogen-bond acceptors (Lipinski definition) is 3. The van der Waals surface area contributed by atoms with E-state index < -0.39 is 0 Å². The van der Waals surface area contributed by atoms with Gasteiger partial charge in [-0.15, -0.1) is 11.8 Å². The molecule has 2 unspecified atom stereocenters. The van der Waals surface area contributed by atoms with Crippen molar-refractivity contribution in [2.75, 3.05) is 7.05 Å². The van der Waals surface area contributed by atoms with Crippen LogP contribution in [0.5, 0.6) is 0 Å². The van der Waals surface area contributed by atoms with E-state index in [1.165, 1.54) is 43.4 Å². The van der Waals surface area contributed by atoms with E-state index in [1.807, 2.05) is 29.7 Å². The van der Waals surface area contributed by atoms with E-state index in [0.29, 0.717) is 11.3 Å². The summed E-state index contributed by atoms with van der Waals surface area (Å²) in [5.74, 6) is 0. The Bertz CT molecular complexity index is 337. The molecule has 1 aliphatic rings. The van der Waals surface area contributed by atoms with Crippen LogP contribution < -0.4 is 5.32 Å². The van der Waals surface area contributed by atoms with Crippen molar-refractivity contribution in [1.29, 1.82) is 0 Å². The van der Waals surface area contributed by atoms with Gasteiger partial charge in [-0.05, 0) is 19.9 Å². The first-order chi connectivity index (χ1) is 8.29. The van der Waals surface area contributed by atoms with Gasteiger partial charge in [-0.3, -0.25) is 4.68 Å². The molecule has 17 heavy (non-hydrogen) atoms. The molecule has 0 amide bonds. The highest BCUT2D eigenvalue weighted by molar-refractivity contribution is 8.00. The zero-order valence-corrected chi connectivity index (χ0v) is 11.7. The minimum absolute atomic E-state index is 0.653. The van der Waals surface area contributed by atoms with Gasteiger partial charge in [0.05, 0.1) is 6.20 Å². The first-order valence-electron chi connectivity index (χ1n) is 6.62. The molecule has 0 saturated heterocycles. The smallest absolute Gasteiger partial charge is 0.0625 e. The summed E-state index contributed by atoms with van der Waals surface area (Å²) in [4.78, 5) is 1.30. The van der Waals surface area contributed by atoms with Crippen molar-refractivity contribution in [2.24, 2.45) is 7.05 Å². The van der Waals surface area contributed by atoms with Gasteiger partial charge >= 0.3 is 0 Å². The largest absolute Gasteiger partial charge is 0.316 e. The summed E-state index contributed by atoms with van der Waals surface area (Å²) in [5, 5.41) is 8.45. The summed E-state index contributed by atoms with van der Waals surface area (Å²) >= 11 is 1.99. The van der Waals surface area contributed by atoms with Gasteiger partial charge in [0, 0.05) is 29.4 Å². The number of rotatable bonds is 3. The molecule has 2 rings (SSSR count). The molecule has 1 N–H and O–H groups in total. The molecule has 0 spiro atoms. The normalized spacial score (nSPS) is 26.5. The molecule has 4 heteroatoms. The molecule has 1 saturated carbocycles. The lowest BCUT2D eigenvalue weighted by Gasteiger charge is -2.28. The summed E-state index contributed by atoms with van der Waals surface area (Å²) in [6.45, 7) is 0. The second-order valence-corrected chi connectivity index (χ2v) is 6.21. The van der Waals surface area contributed by atoms with E-state index in [1.54, 1.807) is 0 Å². The Morgan fingerprint density at radius 1 is 1.29 bits per heavy atom. The molecule has 1 fully saturated rings. The second kappa shape index (κ2) is 6.45. The SMILES string of the molecule is CNC1CCCCCCC1Sc1cnn(C)c1.